The molecule has 0 fully saturated rings. The van der Waals surface area contributed by atoms with Crippen molar-refractivity contribution in [1.29, 1.82) is 0 Å². The van der Waals surface area contributed by atoms with Crippen LogP contribution in [0.1, 0.15) is 27.2 Å². The summed E-state index contributed by atoms with van der Waals surface area (Å²) in [6.07, 6.45) is 1.17. The lowest BCUT2D eigenvalue weighted by molar-refractivity contribution is -0.156. The van der Waals surface area contributed by atoms with Crippen molar-refractivity contribution in [2.75, 3.05) is 39.3 Å². The fourth-order valence-corrected chi connectivity index (χ4v) is 1.49. The lowest BCUT2D eigenvalue weighted by Crippen LogP contribution is -2.24. The van der Waals surface area contributed by atoms with E-state index < -0.39 is 15.7 Å². The molecule has 0 aliphatic heterocycles. The fraction of sp³-hybridized carbons (Fsp3) is 0.917. The smallest absolute Gasteiger partial charge is 0.308 e. The van der Waals surface area contributed by atoms with Crippen molar-refractivity contribution in [1.82, 2.24) is 0 Å². The molecule has 0 saturated heterocycles. The summed E-state index contributed by atoms with van der Waals surface area (Å²) < 4.78 is 41.1. The molecule has 8 heteroatoms. The Hall–Kier alpha value is -0.700. The molecule has 0 heterocycles. The van der Waals surface area contributed by atoms with Crippen LogP contribution in [-0.4, -0.2) is 59.3 Å². The van der Waals surface area contributed by atoms with Crippen molar-refractivity contribution in [2.45, 2.75) is 32.8 Å². The topological polar surface area (TPSA) is 88.1 Å². The molecule has 20 heavy (non-hydrogen) atoms. The number of hydrogen-bond acceptors (Lipinski definition) is 7. The number of carbonyl (C=O) groups excluding carboxylic acids is 1. The Labute approximate surface area is 120 Å². The van der Waals surface area contributed by atoms with E-state index in [-0.39, 0.29) is 32.2 Å². The molecule has 0 atom stereocenters. The Morgan fingerprint density at radius 3 is 1.95 bits per heavy atom. The SMILES string of the molecule is CC(C)(C)OC(=O)CCOCCOCCOS(C)(=O)=O. The predicted molar refractivity (Wildman–Crippen MR) is 72.9 cm³/mol. The fourth-order valence-electron chi connectivity index (χ4n) is 1.11. The maximum absolute atomic E-state index is 11.3. The summed E-state index contributed by atoms with van der Waals surface area (Å²) in [7, 11) is -3.41. The minimum atomic E-state index is -3.41. The van der Waals surface area contributed by atoms with Crippen LogP contribution in [0.4, 0.5) is 0 Å². The van der Waals surface area contributed by atoms with Crippen LogP contribution in [0.15, 0.2) is 0 Å². The number of ether oxygens (including phenoxy) is 3. The van der Waals surface area contributed by atoms with Gasteiger partial charge in [0.25, 0.3) is 10.1 Å². The van der Waals surface area contributed by atoms with Gasteiger partial charge in [-0.2, -0.15) is 8.42 Å². The van der Waals surface area contributed by atoms with Gasteiger partial charge in [-0.25, -0.2) is 0 Å². The summed E-state index contributed by atoms with van der Waals surface area (Å²) in [5.74, 6) is -0.306. The van der Waals surface area contributed by atoms with E-state index in [1.807, 2.05) is 0 Å². The third kappa shape index (κ3) is 15.4. The summed E-state index contributed by atoms with van der Waals surface area (Å²) in [6, 6.07) is 0. The van der Waals surface area contributed by atoms with Crippen molar-refractivity contribution in [3.05, 3.63) is 0 Å². The van der Waals surface area contributed by atoms with Crippen LogP contribution in [0.2, 0.25) is 0 Å². The second-order valence-electron chi connectivity index (χ2n) is 5.09. The van der Waals surface area contributed by atoms with E-state index >= 15 is 0 Å². The van der Waals surface area contributed by atoms with Gasteiger partial charge >= 0.3 is 5.97 Å². The number of carbonyl (C=O) groups is 1. The van der Waals surface area contributed by atoms with Gasteiger partial charge in [0, 0.05) is 0 Å². The third-order valence-corrected chi connectivity index (χ3v) is 2.36. The molecule has 0 amide bonds. The third-order valence-electron chi connectivity index (χ3n) is 1.77. The molecular weight excluding hydrogens is 288 g/mol. The molecule has 0 aliphatic rings. The molecule has 0 rings (SSSR count). The van der Waals surface area contributed by atoms with Crippen LogP contribution in [0, 0.1) is 0 Å². The molecule has 0 radical (unpaired) electrons. The molecule has 0 spiro atoms. The maximum atomic E-state index is 11.3. The molecule has 7 nitrogen and oxygen atoms in total. The first-order valence-electron chi connectivity index (χ1n) is 6.32. The summed E-state index contributed by atoms with van der Waals surface area (Å²) in [5, 5.41) is 0. The zero-order valence-corrected chi connectivity index (χ0v) is 13.3. The van der Waals surface area contributed by atoms with Crippen LogP contribution >= 0.6 is 0 Å². The molecular formula is C12H24O7S. The van der Waals surface area contributed by atoms with E-state index in [4.69, 9.17) is 14.2 Å². The summed E-state index contributed by atoms with van der Waals surface area (Å²) in [5.41, 5.74) is -0.486. The maximum Gasteiger partial charge on any atom is 0.308 e. The van der Waals surface area contributed by atoms with Gasteiger partial charge in [0.1, 0.15) is 5.60 Å². The summed E-state index contributed by atoms with van der Waals surface area (Å²) >= 11 is 0. The first-order chi connectivity index (χ1) is 9.10. The van der Waals surface area contributed by atoms with Crippen molar-refractivity contribution < 1.29 is 31.6 Å². The van der Waals surface area contributed by atoms with E-state index in [9.17, 15) is 13.2 Å². The lowest BCUT2D eigenvalue weighted by atomic mass is 10.2. The summed E-state index contributed by atoms with van der Waals surface area (Å²) in [4.78, 5) is 11.3. The molecule has 0 N–H and O–H groups in total. The molecule has 0 aromatic heterocycles. The van der Waals surface area contributed by atoms with E-state index in [2.05, 4.69) is 4.18 Å². The van der Waals surface area contributed by atoms with Crippen LogP contribution in [-0.2, 0) is 33.3 Å². The molecule has 0 aromatic rings. The van der Waals surface area contributed by atoms with E-state index in [0.717, 1.165) is 6.26 Å². The first kappa shape index (κ1) is 19.3. The molecule has 0 aliphatic carbocycles. The van der Waals surface area contributed by atoms with Gasteiger partial charge < -0.3 is 14.2 Å². The Balaban J connectivity index is 3.35. The van der Waals surface area contributed by atoms with Crippen molar-refractivity contribution in [3.63, 3.8) is 0 Å². The Morgan fingerprint density at radius 1 is 0.950 bits per heavy atom. The van der Waals surface area contributed by atoms with Gasteiger partial charge in [0.05, 0.1) is 45.7 Å². The quantitative estimate of drug-likeness (QED) is 0.334. The highest BCUT2D eigenvalue weighted by molar-refractivity contribution is 7.85. The van der Waals surface area contributed by atoms with Gasteiger partial charge in [0.2, 0.25) is 0 Å². The lowest BCUT2D eigenvalue weighted by Gasteiger charge is -2.19. The van der Waals surface area contributed by atoms with Gasteiger partial charge in [-0.1, -0.05) is 0 Å². The highest BCUT2D eigenvalue weighted by Gasteiger charge is 2.15. The highest BCUT2D eigenvalue weighted by Crippen LogP contribution is 2.07. The Bertz CT molecular complexity index is 370. The number of esters is 1. The average molecular weight is 312 g/mol. The Morgan fingerprint density at radius 2 is 1.45 bits per heavy atom. The molecule has 0 bridgehead atoms. The van der Waals surface area contributed by atoms with Gasteiger partial charge in [-0.3, -0.25) is 8.98 Å². The Kier molecular flexibility index (Phi) is 8.95. The van der Waals surface area contributed by atoms with Crippen LogP contribution in [0.25, 0.3) is 0 Å². The number of hydrogen-bond donors (Lipinski definition) is 0. The van der Waals surface area contributed by atoms with Gasteiger partial charge in [0.15, 0.2) is 0 Å². The van der Waals surface area contributed by atoms with Gasteiger partial charge in [-0.15, -0.1) is 0 Å². The van der Waals surface area contributed by atoms with E-state index in [1.54, 1.807) is 20.8 Å². The van der Waals surface area contributed by atoms with Crippen molar-refractivity contribution in [3.8, 4) is 0 Å². The zero-order chi connectivity index (χ0) is 15.6. The molecule has 0 unspecified atom stereocenters. The van der Waals surface area contributed by atoms with Crippen LogP contribution < -0.4 is 0 Å². The van der Waals surface area contributed by atoms with Gasteiger partial charge in [-0.05, 0) is 20.8 Å². The van der Waals surface area contributed by atoms with Crippen LogP contribution in [0.3, 0.4) is 0 Å². The van der Waals surface area contributed by atoms with E-state index in [1.165, 1.54) is 0 Å². The van der Waals surface area contributed by atoms with Crippen LogP contribution in [0.5, 0.6) is 0 Å². The zero-order valence-electron chi connectivity index (χ0n) is 12.5. The second kappa shape index (κ2) is 9.28. The van der Waals surface area contributed by atoms with Crippen molar-refractivity contribution in [2.24, 2.45) is 0 Å². The minimum Gasteiger partial charge on any atom is -0.460 e. The molecule has 0 aromatic carbocycles. The minimum absolute atomic E-state index is 0.0171. The first-order valence-corrected chi connectivity index (χ1v) is 8.13. The second-order valence-corrected chi connectivity index (χ2v) is 6.73. The predicted octanol–water partition coefficient (Wildman–Crippen LogP) is 0.728. The van der Waals surface area contributed by atoms with E-state index in [0.29, 0.717) is 13.2 Å². The summed E-state index contributed by atoms with van der Waals surface area (Å²) in [6.45, 7) is 6.45. The van der Waals surface area contributed by atoms with Crippen molar-refractivity contribution >= 4 is 16.1 Å². The standard InChI is InChI=1S/C12H24O7S/c1-12(2,3)19-11(13)5-6-16-7-8-17-9-10-18-20(4,14)15/h5-10H2,1-4H3. The monoisotopic (exact) mass is 312 g/mol. The highest BCUT2D eigenvalue weighted by atomic mass is 32.2. The normalized spacial score (nSPS) is 12.4. The molecule has 120 valence electrons. The molecule has 0 saturated carbocycles. The largest absolute Gasteiger partial charge is 0.460 e. The average Bonchev–Trinajstić information content (AvgIpc) is 2.22. The number of rotatable bonds is 10.